The predicted molar refractivity (Wildman–Crippen MR) is 137 cm³/mol. The molecule has 3 aromatic rings. The normalized spacial score (nSPS) is 18.3. The van der Waals surface area contributed by atoms with Crippen molar-refractivity contribution in [3.05, 3.63) is 65.1 Å². The average Bonchev–Trinajstić information content (AvgIpc) is 3.84. The third-order valence-corrected chi connectivity index (χ3v) is 7.72. The molecule has 2 fully saturated rings. The largest absolute Gasteiger partial charge is 0.405 e. The van der Waals surface area contributed by atoms with Crippen LogP contribution in [-0.2, 0) is 17.4 Å². The van der Waals surface area contributed by atoms with Gasteiger partial charge in [0, 0.05) is 47.7 Å². The van der Waals surface area contributed by atoms with Crippen LogP contribution in [0.1, 0.15) is 52.9 Å². The number of carbonyl (C=O) groups excluding carboxylic acids is 1. The van der Waals surface area contributed by atoms with Gasteiger partial charge in [-0.1, -0.05) is 6.07 Å². The Bertz CT molecular complexity index is 1420. The van der Waals surface area contributed by atoms with Crippen molar-refractivity contribution in [2.45, 2.75) is 49.2 Å². The molecule has 1 aliphatic heterocycles. The maximum Gasteiger partial charge on any atom is 0.405 e. The Labute approximate surface area is 222 Å². The third-order valence-electron chi connectivity index (χ3n) is 7.72. The molecule has 0 atom stereocenters. The number of hydrogen-bond acceptors (Lipinski definition) is 7. The predicted octanol–water partition coefficient (Wildman–Crippen LogP) is 4.79. The fourth-order valence-corrected chi connectivity index (χ4v) is 5.12. The number of rotatable bonds is 8. The number of benzene rings is 1. The fraction of sp³-hybridized carbons (Fsp3) is 0.407. The molecule has 1 spiro atoms. The molecule has 12 heteroatoms. The van der Waals surface area contributed by atoms with Crippen molar-refractivity contribution in [1.29, 1.82) is 0 Å². The van der Waals surface area contributed by atoms with E-state index in [0.29, 0.717) is 24.2 Å². The van der Waals surface area contributed by atoms with Crippen LogP contribution >= 0.6 is 0 Å². The second-order valence-corrected chi connectivity index (χ2v) is 10.6. The van der Waals surface area contributed by atoms with Crippen molar-refractivity contribution in [1.82, 2.24) is 25.6 Å². The molecule has 1 aromatic carbocycles. The van der Waals surface area contributed by atoms with Crippen LogP contribution in [0, 0.1) is 0 Å². The summed E-state index contributed by atoms with van der Waals surface area (Å²) in [4.78, 5) is 25.6. The number of carbonyl (C=O) groups is 1. The molecule has 1 amide bonds. The van der Waals surface area contributed by atoms with E-state index in [2.05, 4.69) is 37.0 Å². The molecule has 3 aliphatic rings. The number of nitrogens with zero attached hydrogens (tertiary/aromatic N) is 3. The second-order valence-electron chi connectivity index (χ2n) is 10.6. The molecule has 0 bridgehead atoms. The molecule has 8 nitrogen and oxygen atoms in total. The van der Waals surface area contributed by atoms with Crippen LogP contribution < -0.4 is 21.3 Å². The summed E-state index contributed by atoms with van der Waals surface area (Å²) in [7, 11) is 0. The number of nitrogens with one attached hydrogen (secondary N) is 4. The van der Waals surface area contributed by atoms with E-state index in [1.54, 1.807) is 12.1 Å². The smallest absolute Gasteiger partial charge is 0.343 e. The van der Waals surface area contributed by atoms with Gasteiger partial charge in [0.15, 0.2) is 0 Å². The molecule has 2 aliphatic carbocycles. The highest BCUT2D eigenvalue weighted by Crippen LogP contribution is 2.51. The summed E-state index contributed by atoms with van der Waals surface area (Å²) in [5.74, 6) is -0.815. The molecule has 2 saturated carbocycles. The van der Waals surface area contributed by atoms with E-state index >= 15 is 0 Å². The van der Waals surface area contributed by atoms with Gasteiger partial charge < -0.3 is 21.3 Å². The van der Waals surface area contributed by atoms with Gasteiger partial charge in [0.25, 0.3) is 5.91 Å². The lowest BCUT2D eigenvalue weighted by molar-refractivity contribution is -0.123. The molecule has 2 aromatic heterocycles. The van der Waals surface area contributed by atoms with E-state index in [9.17, 15) is 22.4 Å². The summed E-state index contributed by atoms with van der Waals surface area (Å²) in [6.07, 6.45) is 1.82. The molecule has 3 heterocycles. The zero-order valence-electron chi connectivity index (χ0n) is 21.0. The van der Waals surface area contributed by atoms with E-state index in [1.807, 2.05) is 17.4 Å². The van der Waals surface area contributed by atoms with Gasteiger partial charge in [0.05, 0.1) is 5.69 Å². The summed E-state index contributed by atoms with van der Waals surface area (Å²) < 4.78 is 51.8. The van der Waals surface area contributed by atoms with Crippen LogP contribution in [0.25, 0.3) is 0 Å². The van der Waals surface area contributed by atoms with E-state index in [-0.39, 0.29) is 22.7 Å². The summed E-state index contributed by atoms with van der Waals surface area (Å²) in [6.45, 7) is -0.294. The molecular weight excluding hydrogens is 514 g/mol. The first-order chi connectivity index (χ1) is 18.7. The lowest BCUT2D eigenvalue weighted by Gasteiger charge is -2.26. The number of amides is 1. The first kappa shape index (κ1) is 25.5. The molecule has 204 valence electrons. The lowest BCUT2D eigenvalue weighted by atomic mass is 9.88. The SMILES string of the molecule is O=C(NCC(F)(F)F)c1cnc(Nc2ccc3c(c2)CNCC32CC2)nc1Nc1ccnc(C2(CF)CC2)c1. The maximum absolute atomic E-state index is 13.6. The first-order valence-electron chi connectivity index (χ1n) is 12.8. The summed E-state index contributed by atoms with van der Waals surface area (Å²) in [5.41, 5.74) is 3.79. The Balaban J connectivity index is 1.28. The van der Waals surface area contributed by atoms with Crippen molar-refractivity contribution in [3.8, 4) is 0 Å². The molecule has 39 heavy (non-hydrogen) atoms. The Morgan fingerprint density at radius 1 is 1.03 bits per heavy atom. The highest BCUT2D eigenvalue weighted by molar-refractivity contribution is 5.99. The monoisotopic (exact) mass is 541 g/mol. The molecule has 0 radical (unpaired) electrons. The van der Waals surface area contributed by atoms with Gasteiger partial charge in [0.1, 0.15) is 24.6 Å². The van der Waals surface area contributed by atoms with Crippen molar-refractivity contribution in [2.24, 2.45) is 0 Å². The van der Waals surface area contributed by atoms with Crippen LogP contribution in [0.3, 0.4) is 0 Å². The third kappa shape index (κ3) is 5.25. The Morgan fingerprint density at radius 2 is 1.82 bits per heavy atom. The van der Waals surface area contributed by atoms with Crippen LogP contribution in [0.5, 0.6) is 0 Å². The standard InChI is InChI=1S/C27H27F4N7O/c28-13-25(4-5-25)21-10-18(3-8-33-21)36-22-19(23(39)35-15-27(29,30)31)12-34-24(38-22)37-17-1-2-20-16(9-17)11-32-14-26(20)6-7-26/h1-3,8-10,12,32H,4-7,11,13-15H2,(H,35,39)(H2,33,34,36,37,38). The number of fused-ring (bicyclic) bond motifs is 2. The zero-order chi connectivity index (χ0) is 27.3. The highest BCUT2D eigenvalue weighted by atomic mass is 19.4. The van der Waals surface area contributed by atoms with Crippen LogP contribution in [0.4, 0.5) is 40.7 Å². The van der Waals surface area contributed by atoms with E-state index in [0.717, 1.165) is 18.8 Å². The van der Waals surface area contributed by atoms with Gasteiger partial charge in [-0.15, -0.1) is 0 Å². The fourth-order valence-electron chi connectivity index (χ4n) is 5.12. The first-order valence-corrected chi connectivity index (χ1v) is 12.8. The summed E-state index contributed by atoms with van der Waals surface area (Å²) in [6, 6.07) is 9.38. The van der Waals surface area contributed by atoms with E-state index in [1.165, 1.54) is 36.4 Å². The molecule has 0 saturated heterocycles. The van der Waals surface area contributed by atoms with E-state index in [4.69, 9.17) is 0 Å². The van der Waals surface area contributed by atoms with Crippen LogP contribution in [0.15, 0.2) is 42.7 Å². The lowest BCUT2D eigenvalue weighted by Crippen LogP contribution is -2.34. The number of halogens is 4. The number of hydrogen-bond donors (Lipinski definition) is 4. The maximum atomic E-state index is 13.6. The molecule has 4 N–H and O–H groups in total. The van der Waals surface area contributed by atoms with Gasteiger partial charge >= 0.3 is 6.18 Å². The van der Waals surface area contributed by atoms with Crippen molar-refractivity contribution < 1.29 is 22.4 Å². The Kier molecular flexibility index (Phi) is 6.17. The quantitative estimate of drug-likeness (QED) is 0.304. The van der Waals surface area contributed by atoms with Crippen LogP contribution in [-0.4, -0.2) is 46.8 Å². The van der Waals surface area contributed by atoms with Crippen molar-refractivity contribution in [2.75, 3.05) is 30.4 Å². The Morgan fingerprint density at radius 3 is 2.54 bits per heavy atom. The van der Waals surface area contributed by atoms with Crippen molar-refractivity contribution in [3.63, 3.8) is 0 Å². The summed E-state index contributed by atoms with van der Waals surface area (Å²) in [5, 5.41) is 11.5. The van der Waals surface area contributed by atoms with Gasteiger partial charge in [0.2, 0.25) is 5.95 Å². The number of aromatic nitrogens is 3. The zero-order valence-corrected chi connectivity index (χ0v) is 21.0. The van der Waals surface area contributed by atoms with Crippen LogP contribution in [0.2, 0.25) is 0 Å². The minimum Gasteiger partial charge on any atom is -0.343 e. The number of anilines is 4. The molecule has 0 unspecified atom stereocenters. The second kappa shape index (κ2) is 9.44. The van der Waals surface area contributed by atoms with Gasteiger partial charge in [-0.2, -0.15) is 18.2 Å². The number of pyridine rings is 1. The molecular formula is C27H27F4N7O. The Hall–Kier alpha value is -3.80. The average molecular weight is 542 g/mol. The van der Waals surface area contributed by atoms with Crippen molar-refractivity contribution >= 4 is 29.0 Å². The molecule has 6 rings (SSSR count). The number of alkyl halides is 4. The minimum atomic E-state index is -4.57. The van der Waals surface area contributed by atoms with Gasteiger partial charge in [-0.3, -0.25) is 14.2 Å². The van der Waals surface area contributed by atoms with Gasteiger partial charge in [-0.05, 0) is 61.1 Å². The van der Waals surface area contributed by atoms with Gasteiger partial charge in [-0.25, -0.2) is 4.98 Å². The highest BCUT2D eigenvalue weighted by Gasteiger charge is 2.47. The topological polar surface area (TPSA) is 104 Å². The summed E-state index contributed by atoms with van der Waals surface area (Å²) >= 11 is 0. The van der Waals surface area contributed by atoms with E-state index < -0.39 is 30.7 Å². The minimum absolute atomic E-state index is 0.00554.